The van der Waals surface area contributed by atoms with Crippen LogP contribution in [0.1, 0.15) is 38.7 Å². The highest BCUT2D eigenvalue weighted by molar-refractivity contribution is 5.80. The number of nitrogens with one attached hydrogen (secondary N) is 1. The van der Waals surface area contributed by atoms with Crippen LogP contribution >= 0.6 is 0 Å². The fraction of sp³-hybridized carbons (Fsp3) is 0.696. The maximum Gasteiger partial charge on any atom is 0.193 e. The maximum atomic E-state index is 13.9. The van der Waals surface area contributed by atoms with E-state index in [4.69, 9.17) is 0 Å². The first-order valence-corrected chi connectivity index (χ1v) is 11.3. The molecule has 29 heavy (non-hydrogen) atoms. The molecule has 0 amide bonds. The van der Waals surface area contributed by atoms with Gasteiger partial charge in [-0.2, -0.15) is 0 Å². The first kappa shape index (κ1) is 22.0. The van der Waals surface area contributed by atoms with Gasteiger partial charge in [-0.15, -0.1) is 0 Å². The summed E-state index contributed by atoms with van der Waals surface area (Å²) in [6, 6.07) is 7.78. The van der Waals surface area contributed by atoms with Crippen LogP contribution in [-0.2, 0) is 6.54 Å². The Morgan fingerprint density at radius 2 is 1.86 bits per heavy atom. The van der Waals surface area contributed by atoms with Crippen molar-refractivity contribution in [3.05, 3.63) is 35.6 Å². The molecule has 0 spiro atoms. The van der Waals surface area contributed by atoms with Crippen LogP contribution in [0.25, 0.3) is 0 Å². The van der Waals surface area contributed by atoms with Crippen LogP contribution in [0.4, 0.5) is 4.39 Å². The van der Waals surface area contributed by atoms with Crippen molar-refractivity contribution in [2.45, 2.75) is 45.7 Å². The van der Waals surface area contributed by atoms with Crippen LogP contribution in [0.5, 0.6) is 0 Å². The van der Waals surface area contributed by atoms with Gasteiger partial charge in [0.05, 0.1) is 0 Å². The van der Waals surface area contributed by atoms with Crippen LogP contribution in [0, 0.1) is 11.7 Å². The van der Waals surface area contributed by atoms with Crippen molar-refractivity contribution in [3.63, 3.8) is 0 Å². The molecule has 0 bridgehead atoms. The molecule has 1 unspecified atom stereocenters. The molecule has 0 saturated carbocycles. The van der Waals surface area contributed by atoms with E-state index in [9.17, 15) is 4.39 Å². The number of piperidine rings is 1. The largest absolute Gasteiger partial charge is 0.356 e. The van der Waals surface area contributed by atoms with Crippen molar-refractivity contribution >= 4 is 5.96 Å². The first-order valence-electron chi connectivity index (χ1n) is 11.3. The van der Waals surface area contributed by atoms with Gasteiger partial charge in [0.2, 0.25) is 0 Å². The second-order valence-corrected chi connectivity index (χ2v) is 8.35. The molecular formula is C23H38FN5. The van der Waals surface area contributed by atoms with E-state index in [0.29, 0.717) is 12.0 Å². The lowest BCUT2D eigenvalue weighted by atomic mass is 9.96. The Labute approximate surface area is 176 Å². The summed E-state index contributed by atoms with van der Waals surface area (Å²) in [5, 5.41) is 3.63. The molecule has 1 N–H and O–H groups in total. The van der Waals surface area contributed by atoms with Gasteiger partial charge in [-0.25, -0.2) is 4.39 Å². The Bertz CT molecular complexity index is 652. The Balaban J connectivity index is 1.41. The predicted octanol–water partition coefficient (Wildman–Crippen LogP) is 3.03. The monoisotopic (exact) mass is 403 g/mol. The van der Waals surface area contributed by atoms with E-state index < -0.39 is 0 Å². The van der Waals surface area contributed by atoms with Gasteiger partial charge in [0.15, 0.2) is 5.96 Å². The minimum Gasteiger partial charge on any atom is -0.356 e. The third-order valence-electron chi connectivity index (χ3n) is 6.61. The molecular weight excluding hydrogens is 365 g/mol. The number of aliphatic imine (C=N–C) groups is 1. The minimum absolute atomic E-state index is 0.0891. The van der Waals surface area contributed by atoms with Crippen molar-refractivity contribution in [3.8, 4) is 0 Å². The second kappa shape index (κ2) is 10.9. The molecule has 3 rings (SSSR count). The minimum atomic E-state index is -0.0891. The molecule has 2 aliphatic heterocycles. The van der Waals surface area contributed by atoms with Crippen molar-refractivity contribution in [2.75, 3.05) is 52.9 Å². The number of guanidine groups is 1. The van der Waals surface area contributed by atoms with Crippen molar-refractivity contribution in [1.29, 1.82) is 0 Å². The molecule has 1 atom stereocenters. The standard InChI is InChI=1S/C23H38FN5/c1-4-28(5-2)21-12-15-29(18-21)23(25-3)26-16-19-10-13-27(14-11-19)17-20-8-6-7-9-22(20)24/h6-9,19,21H,4-5,10-18H2,1-3H3,(H,25,26). The highest BCUT2D eigenvalue weighted by atomic mass is 19.1. The van der Waals surface area contributed by atoms with E-state index in [1.54, 1.807) is 12.1 Å². The average Bonchev–Trinajstić information content (AvgIpc) is 3.22. The van der Waals surface area contributed by atoms with E-state index in [-0.39, 0.29) is 5.82 Å². The number of nitrogens with zero attached hydrogens (tertiary/aromatic N) is 4. The molecule has 0 aromatic heterocycles. The molecule has 0 radical (unpaired) electrons. The Morgan fingerprint density at radius 1 is 1.14 bits per heavy atom. The zero-order valence-electron chi connectivity index (χ0n) is 18.4. The van der Waals surface area contributed by atoms with Crippen molar-refractivity contribution in [2.24, 2.45) is 10.9 Å². The van der Waals surface area contributed by atoms with Gasteiger partial charge in [-0.1, -0.05) is 32.0 Å². The Kier molecular flexibility index (Phi) is 8.30. The van der Waals surface area contributed by atoms with E-state index in [2.05, 4.69) is 38.9 Å². The molecule has 6 heteroatoms. The van der Waals surface area contributed by atoms with Gasteiger partial charge in [-0.3, -0.25) is 14.8 Å². The van der Waals surface area contributed by atoms with Gasteiger partial charge < -0.3 is 10.2 Å². The third-order valence-corrected chi connectivity index (χ3v) is 6.61. The number of benzene rings is 1. The van der Waals surface area contributed by atoms with Gasteiger partial charge >= 0.3 is 0 Å². The summed E-state index contributed by atoms with van der Waals surface area (Å²) in [7, 11) is 1.89. The lowest BCUT2D eigenvalue weighted by Gasteiger charge is -2.33. The first-order chi connectivity index (χ1) is 14.1. The zero-order chi connectivity index (χ0) is 20.6. The molecule has 5 nitrogen and oxygen atoms in total. The van der Waals surface area contributed by atoms with Crippen LogP contribution in [-0.4, -0.2) is 79.6 Å². The highest BCUT2D eigenvalue weighted by Gasteiger charge is 2.28. The fourth-order valence-electron chi connectivity index (χ4n) is 4.76. The predicted molar refractivity (Wildman–Crippen MR) is 119 cm³/mol. The van der Waals surface area contributed by atoms with E-state index in [1.165, 1.54) is 6.42 Å². The lowest BCUT2D eigenvalue weighted by molar-refractivity contribution is 0.176. The summed E-state index contributed by atoms with van der Waals surface area (Å²) in [4.78, 5) is 11.9. The van der Waals surface area contributed by atoms with E-state index in [0.717, 1.165) is 76.7 Å². The van der Waals surface area contributed by atoms with Crippen LogP contribution < -0.4 is 5.32 Å². The number of halogens is 1. The summed E-state index contributed by atoms with van der Waals surface area (Å²) in [6.07, 6.45) is 3.53. The van der Waals surface area contributed by atoms with Gasteiger partial charge in [0.25, 0.3) is 0 Å². The van der Waals surface area contributed by atoms with Crippen molar-refractivity contribution in [1.82, 2.24) is 20.0 Å². The smallest absolute Gasteiger partial charge is 0.193 e. The molecule has 1 aromatic carbocycles. The van der Waals surface area contributed by atoms with Crippen LogP contribution in [0.3, 0.4) is 0 Å². The number of likely N-dealkylation sites (tertiary alicyclic amines) is 2. The summed E-state index contributed by atoms with van der Waals surface area (Å²) < 4.78 is 13.9. The Hall–Kier alpha value is -1.66. The summed E-state index contributed by atoms with van der Waals surface area (Å²) in [5.41, 5.74) is 0.807. The van der Waals surface area contributed by atoms with E-state index in [1.807, 2.05) is 19.2 Å². The topological polar surface area (TPSA) is 34.1 Å². The van der Waals surface area contributed by atoms with Crippen molar-refractivity contribution < 1.29 is 4.39 Å². The van der Waals surface area contributed by atoms with Crippen LogP contribution in [0.2, 0.25) is 0 Å². The van der Waals surface area contributed by atoms with E-state index >= 15 is 0 Å². The number of hydrogen-bond acceptors (Lipinski definition) is 3. The molecule has 2 heterocycles. The summed E-state index contributed by atoms with van der Waals surface area (Å²) in [5.74, 6) is 1.62. The van der Waals surface area contributed by atoms with Gasteiger partial charge in [0, 0.05) is 44.8 Å². The molecule has 1 aromatic rings. The molecule has 2 aliphatic rings. The van der Waals surface area contributed by atoms with Crippen LogP contribution in [0.15, 0.2) is 29.3 Å². The third kappa shape index (κ3) is 5.92. The quantitative estimate of drug-likeness (QED) is 0.561. The molecule has 2 saturated heterocycles. The number of rotatable bonds is 7. The fourth-order valence-corrected chi connectivity index (χ4v) is 4.76. The summed E-state index contributed by atoms with van der Waals surface area (Å²) >= 11 is 0. The Morgan fingerprint density at radius 3 is 2.52 bits per heavy atom. The maximum absolute atomic E-state index is 13.9. The lowest BCUT2D eigenvalue weighted by Crippen LogP contribution is -2.45. The van der Waals surface area contributed by atoms with Gasteiger partial charge in [0.1, 0.15) is 5.82 Å². The second-order valence-electron chi connectivity index (χ2n) is 8.35. The number of likely N-dealkylation sites (N-methyl/N-ethyl adjacent to an activating group) is 1. The molecule has 2 fully saturated rings. The zero-order valence-corrected chi connectivity index (χ0v) is 18.4. The highest BCUT2D eigenvalue weighted by Crippen LogP contribution is 2.20. The molecule has 0 aliphatic carbocycles. The summed E-state index contributed by atoms with van der Waals surface area (Å²) in [6.45, 7) is 12.7. The normalized spacial score (nSPS) is 21.9. The van der Waals surface area contributed by atoms with Gasteiger partial charge in [-0.05, 0) is 57.4 Å². The molecule has 162 valence electrons. The number of hydrogen-bond donors (Lipinski definition) is 1. The SMILES string of the molecule is CCN(CC)C1CCN(C(=NC)NCC2CCN(Cc3ccccc3F)CC2)C1. The average molecular weight is 404 g/mol.